The fraction of sp³-hybridized carbons (Fsp3) is 1.00. The van der Waals surface area contributed by atoms with Crippen molar-refractivity contribution < 1.29 is 29.9 Å². The van der Waals surface area contributed by atoms with Crippen LogP contribution < -0.4 is 0 Å². The molecular formula is C8H16O6. The molecule has 5 atom stereocenters. The maximum Gasteiger partial charge on any atom is 0.111 e. The van der Waals surface area contributed by atoms with E-state index >= 15 is 0 Å². The number of hydrogen-bond donors (Lipinski definition) is 4. The number of rotatable bonds is 2. The van der Waals surface area contributed by atoms with Crippen molar-refractivity contribution in [2.24, 2.45) is 0 Å². The molecule has 1 saturated heterocycles. The highest BCUT2D eigenvalue weighted by molar-refractivity contribution is 4.89. The molecule has 1 heterocycles. The van der Waals surface area contributed by atoms with Crippen molar-refractivity contribution in [3.63, 3.8) is 0 Å². The Morgan fingerprint density at radius 3 is 2.36 bits per heavy atom. The van der Waals surface area contributed by atoms with Crippen molar-refractivity contribution in [3.05, 3.63) is 0 Å². The van der Waals surface area contributed by atoms with Crippen LogP contribution in [0.15, 0.2) is 0 Å². The zero-order chi connectivity index (χ0) is 10.7. The summed E-state index contributed by atoms with van der Waals surface area (Å²) in [7, 11) is 1.37. The molecule has 14 heavy (non-hydrogen) atoms. The van der Waals surface area contributed by atoms with Crippen molar-refractivity contribution in [2.45, 2.75) is 30.5 Å². The summed E-state index contributed by atoms with van der Waals surface area (Å²) in [4.78, 5) is 0. The summed E-state index contributed by atoms with van der Waals surface area (Å²) in [5, 5.41) is 37.2. The van der Waals surface area contributed by atoms with Crippen LogP contribution in [-0.4, -0.2) is 71.3 Å². The van der Waals surface area contributed by atoms with Gasteiger partial charge in [-0.25, -0.2) is 0 Å². The van der Waals surface area contributed by atoms with Gasteiger partial charge >= 0.3 is 0 Å². The molecule has 6 heteroatoms. The third-order valence-corrected chi connectivity index (χ3v) is 2.42. The molecule has 1 aliphatic rings. The molecule has 3 unspecified atom stereocenters. The molecule has 0 aliphatic carbocycles. The molecule has 1 aliphatic heterocycles. The van der Waals surface area contributed by atoms with Crippen LogP contribution in [0.1, 0.15) is 0 Å². The van der Waals surface area contributed by atoms with Crippen molar-refractivity contribution in [3.8, 4) is 0 Å². The second kappa shape index (κ2) is 5.01. The predicted octanol–water partition coefficient (Wildman–Crippen LogP) is -2.52. The maximum absolute atomic E-state index is 9.50. The average Bonchev–Trinajstić information content (AvgIpc) is 2.30. The molecule has 0 aromatic carbocycles. The van der Waals surface area contributed by atoms with Gasteiger partial charge in [0, 0.05) is 7.11 Å². The van der Waals surface area contributed by atoms with Gasteiger partial charge in [0.1, 0.15) is 30.5 Å². The van der Waals surface area contributed by atoms with Crippen LogP contribution in [0, 0.1) is 0 Å². The van der Waals surface area contributed by atoms with Crippen LogP contribution in [0.2, 0.25) is 0 Å². The molecule has 0 bridgehead atoms. The fourth-order valence-electron chi connectivity index (χ4n) is 1.43. The van der Waals surface area contributed by atoms with Gasteiger partial charge in [0.05, 0.1) is 13.2 Å². The van der Waals surface area contributed by atoms with Crippen molar-refractivity contribution in [2.75, 3.05) is 20.3 Å². The second-order valence-corrected chi connectivity index (χ2v) is 3.30. The molecule has 0 aromatic rings. The summed E-state index contributed by atoms with van der Waals surface area (Å²) in [6, 6.07) is 0. The summed E-state index contributed by atoms with van der Waals surface area (Å²) in [5.41, 5.74) is 0. The Labute approximate surface area is 81.7 Å². The highest BCUT2D eigenvalue weighted by Gasteiger charge is 2.39. The Morgan fingerprint density at radius 2 is 1.86 bits per heavy atom. The molecule has 1 rings (SSSR count). The van der Waals surface area contributed by atoms with Crippen LogP contribution in [-0.2, 0) is 9.47 Å². The maximum atomic E-state index is 9.50. The third-order valence-electron chi connectivity index (χ3n) is 2.42. The Balaban J connectivity index is 2.71. The highest BCUT2D eigenvalue weighted by Crippen LogP contribution is 2.17. The Hall–Kier alpha value is -0.240. The molecule has 84 valence electrons. The van der Waals surface area contributed by atoms with Crippen LogP contribution >= 0.6 is 0 Å². The first-order valence-corrected chi connectivity index (χ1v) is 4.41. The van der Waals surface area contributed by atoms with Gasteiger partial charge in [0.25, 0.3) is 0 Å². The van der Waals surface area contributed by atoms with E-state index < -0.39 is 37.1 Å². The van der Waals surface area contributed by atoms with E-state index in [1.807, 2.05) is 0 Å². The number of aliphatic hydroxyl groups is 4. The van der Waals surface area contributed by atoms with Crippen molar-refractivity contribution in [1.82, 2.24) is 0 Å². The van der Waals surface area contributed by atoms with E-state index in [0.717, 1.165) is 0 Å². The minimum absolute atomic E-state index is 0.0248. The minimum atomic E-state index is -1.38. The number of ether oxygens (including phenoxy) is 2. The van der Waals surface area contributed by atoms with Gasteiger partial charge in [-0.05, 0) is 0 Å². The van der Waals surface area contributed by atoms with E-state index in [4.69, 9.17) is 14.6 Å². The van der Waals surface area contributed by atoms with Gasteiger partial charge in [-0.2, -0.15) is 0 Å². The zero-order valence-electron chi connectivity index (χ0n) is 7.91. The third kappa shape index (κ3) is 2.22. The normalized spacial score (nSPS) is 44.8. The SMILES string of the molecule is CO[C@@H]1COC(CO)[C@@H](O)C(O)C1O. The summed E-state index contributed by atoms with van der Waals surface area (Å²) < 4.78 is 9.93. The van der Waals surface area contributed by atoms with Gasteiger partial charge in [-0.1, -0.05) is 0 Å². The first-order chi connectivity index (χ1) is 6.61. The smallest absolute Gasteiger partial charge is 0.111 e. The molecule has 0 saturated carbocycles. The van der Waals surface area contributed by atoms with E-state index in [1.165, 1.54) is 7.11 Å². The monoisotopic (exact) mass is 208 g/mol. The molecule has 0 aromatic heterocycles. The van der Waals surface area contributed by atoms with Crippen LogP contribution in [0.25, 0.3) is 0 Å². The molecule has 0 amide bonds. The standard InChI is InChI=1S/C8H16O6/c1-13-5-3-14-4(2-9)6(10)8(12)7(5)11/h4-12H,2-3H2,1H3/t4?,5-,6-,7?,8?/m1/s1. The van der Waals surface area contributed by atoms with Gasteiger partial charge in [-0.15, -0.1) is 0 Å². The predicted molar refractivity (Wildman–Crippen MR) is 45.6 cm³/mol. The largest absolute Gasteiger partial charge is 0.394 e. The topological polar surface area (TPSA) is 99.4 Å². The molecule has 4 N–H and O–H groups in total. The van der Waals surface area contributed by atoms with Gasteiger partial charge in [0.15, 0.2) is 0 Å². The Kier molecular flexibility index (Phi) is 4.24. The van der Waals surface area contributed by atoms with E-state index in [2.05, 4.69) is 0 Å². The highest BCUT2D eigenvalue weighted by atomic mass is 16.6. The summed E-state index contributed by atoms with van der Waals surface area (Å²) in [6.07, 6.45) is -5.49. The van der Waals surface area contributed by atoms with Gasteiger partial charge < -0.3 is 29.9 Å². The number of aliphatic hydroxyl groups excluding tert-OH is 4. The van der Waals surface area contributed by atoms with E-state index in [1.54, 1.807) is 0 Å². The lowest BCUT2D eigenvalue weighted by molar-refractivity contribution is -0.111. The van der Waals surface area contributed by atoms with E-state index in [-0.39, 0.29) is 6.61 Å². The van der Waals surface area contributed by atoms with Crippen molar-refractivity contribution >= 4 is 0 Å². The summed E-state index contributed by atoms with van der Waals surface area (Å²) in [6.45, 7) is -0.390. The van der Waals surface area contributed by atoms with Gasteiger partial charge in [0.2, 0.25) is 0 Å². The molecule has 1 fully saturated rings. The molecule has 6 nitrogen and oxygen atoms in total. The molecular weight excluding hydrogens is 192 g/mol. The van der Waals surface area contributed by atoms with Crippen LogP contribution in [0.3, 0.4) is 0 Å². The lowest BCUT2D eigenvalue weighted by Crippen LogP contribution is -2.47. The second-order valence-electron chi connectivity index (χ2n) is 3.30. The quantitative estimate of drug-likeness (QED) is 0.399. The minimum Gasteiger partial charge on any atom is -0.394 e. The summed E-state index contributed by atoms with van der Waals surface area (Å²) in [5.74, 6) is 0. The average molecular weight is 208 g/mol. The Morgan fingerprint density at radius 1 is 1.21 bits per heavy atom. The lowest BCUT2D eigenvalue weighted by atomic mass is 10.0. The summed E-state index contributed by atoms with van der Waals surface area (Å²) >= 11 is 0. The number of hydrogen-bond acceptors (Lipinski definition) is 6. The van der Waals surface area contributed by atoms with Gasteiger partial charge in [-0.3, -0.25) is 0 Å². The lowest BCUT2D eigenvalue weighted by Gasteiger charge is -2.24. The zero-order valence-corrected chi connectivity index (χ0v) is 7.91. The van der Waals surface area contributed by atoms with Crippen LogP contribution in [0.5, 0.6) is 0 Å². The van der Waals surface area contributed by atoms with E-state index in [0.29, 0.717) is 0 Å². The number of methoxy groups -OCH3 is 1. The fourth-order valence-corrected chi connectivity index (χ4v) is 1.43. The Bertz CT molecular complexity index is 157. The van der Waals surface area contributed by atoms with Crippen molar-refractivity contribution in [1.29, 1.82) is 0 Å². The van der Waals surface area contributed by atoms with Crippen LogP contribution in [0.4, 0.5) is 0 Å². The first kappa shape index (κ1) is 11.8. The molecule has 0 radical (unpaired) electrons. The first-order valence-electron chi connectivity index (χ1n) is 4.41. The van der Waals surface area contributed by atoms with E-state index in [9.17, 15) is 15.3 Å². The molecule has 0 spiro atoms.